The number of hydrogen-bond donors (Lipinski definition) is 0. The zero-order chi connectivity index (χ0) is 17.8. The van der Waals surface area contributed by atoms with Crippen LogP contribution in [0.25, 0.3) is 11.4 Å². The lowest BCUT2D eigenvalue weighted by molar-refractivity contribution is 0.0424. The number of hydrogen-bond acceptors (Lipinski definition) is 5. The minimum atomic E-state index is -0.855. The first-order valence-corrected chi connectivity index (χ1v) is 7.98. The smallest absolute Gasteiger partial charge is 0.341 e. The molecule has 5 nitrogen and oxygen atoms in total. The van der Waals surface area contributed by atoms with E-state index in [1.54, 1.807) is 0 Å². The molecule has 0 amide bonds. The van der Waals surface area contributed by atoms with E-state index in [0.717, 1.165) is 18.1 Å². The molecule has 1 heterocycles. The highest BCUT2D eigenvalue weighted by Gasteiger charge is 2.16. The second kappa shape index (κ2) is 7.44. The van der Waals surface area contributed by atoms with Gasteiger partial charge in [-0.3, -0.25) is 0 Å². The summed E-state index contributed by atoms with van der Waals surface area (Å²) in [7, 11) is 0. The van der Waals surface area contributed by atoms with E-state index in [-0.39, 0.29) is 23.1 Å². The van der Waals surface area contributed by atoms with Crippen LogP contribution in [-0.2, 0) is 17.8 Å². The van der Waals surface area contributed by atoms with Crippen molar-refractivity contribution in [3.63, 3.8) is 0 Å². The molecule has 0 aliphatic heterocycles. The first-order valence-electron chi connectivity index (χ1n) is 7.61. The van der Waals surface area contributed by atoms with Crippen molar-refractivity contribution in [2.75, 3.05) is 0 Å². The maximum atomic E-state index is 13.6. The minimum absolute atomic E-state index is 0.116. The summed E-state index contributed by atoms with van der Waals surface area (Å²) < 4.78 is 23.7. The van der Waals surface area contributed by atoms with Crippen LogP contribution in [0.4, 0.5) is 4.39 Å². The molecule has 0 bridgehead atoms. The molecular weight excluding hydrogens is 347 g/mol. The number of benzene rings is 2. The quantitative estimate of drug-likeness (QED) is 0.629. The largest absolute Gasteiger partial charge is 0.452 e. The van der Waals surface area contributed by atoms with Crippen molar-refractivity contribution in [2.45, 2.75) is 20.0 Å². The number of carbonyl (C=O) groups excluding carboxylic acids is 1. The maximum Gasteiger partial charge on any atom is 0.341 e. The lowest BCUT2D eigenvalue weighted by Gasteiger charge is -2.03. The van der Waals surface area contributed by atoms with Gasteiger partial charge in [-0.1, -0.05) is 47.9 Å². The van der Waals surface area contributed by atoms with E-state index in [0.29, 0.717) is 5.82 Å². The molecule has 0 fully saturated rings. The number of halogens is 2. The Labute approximate surface area is 148 Å². The van der Waals surface area contributed by atoms with Gasteiger partial charge >= 0.3 is 5.97 Å². The second-order valence-electron chi connectivity index (χ2n) is 5.26. The molecule has 0 unspecified atom stereocenters. The number of ether oxygens (including phenoxy) is 1. The van der Waals surface area contributed by atoms with Crippen molar-refractivity contribution in [1.82, 2.24) is 10.1 Å². The Morgan fingerprint density at radius 3 is 2.72 bits per heavy atom. The fraction of sp³-hybridized carbons (Fsp3) is 0.167. The van der Waals surface area contributed by atoms with Gasteiger partial charge in [-0.05, 0) is 30.2 Å². The monoisotopic (exact) mass is 360 g/mol. The fourth-order valence-electron chi connectivity index (χ4n) is 2.18. The van der Waals surface area contributed by atoms with E-state index in [1.807, 2.05) is 24.3 Å². The van der Waals surface area contributed by atoms with E-state index in [9.17, 15) is 9.18 Å². The van der Waals surface area contributed by atoms with Gasteiger partial charge in [0.05, 0.1) is 5.56 Å². The molecule has 128 valence electrons. The van der Waals surface area contributed by atoms with Gasteiger partial charge in [0.2, 0.25) is 5.82 Å². The number of carbonyl (C=O) groups is 1. The summed E-state index contributed by atoms with van der Waals surface area (Å²) in [6.07, 6.45) is 0.938. The maximum absolute atomic E-state index is 13.6. The third-order valence-electron chi connectivity index (χ3n) is 3.56. The first kappa shape index (κ1) is 17.1. The van der Waals surface area contributed by atoms with Crippen molar-refractivity contribution in [3.8, 4) is 11.4 Å². The van der Waals surface area contributed by atoms with Crippen LogP contribution in [0.2, 0.25) is 5.02 Å². The van der Waals surface area contributed by atoms with Gasteiger partial charge in [-0.15, -0.1) is 0 Å². The molecule has 1 aromatic heterocycles. The topological polar surface area (TPSA) is 65.2 Å². The summed E-state index contributed by atoms with van der Waals surface area (Å²) in [5.74, 6) is -1.06. The summed E-state index contributed by atoms with van der Waals surface area (Å²) in [6, 6.07) is 11.4. The van der Waals surface area contributed by atoms with Gasteiger partial charge < -0.3 is 9.26 Å². The predicted molar refractivity (Wildman–Crippen MR) is 89.6 cm³/mol. The Hall–Kier alpha value is -2.73. The number of nitrogens with zero attached hydrogens (tertiary/aromatic N) is 2. The molecule has 0 N–H and O–H groups in total. The average molecular weight is 361 g/mol. The van der Waals surface area contributed by atoms with Gasteiger partial charge in [0.15, 0.2) is 6.61 Å². The molecule has 3 aromatic rings. The van der Waals surface area contributed by atoms with Crippen molar-refractivity contribution in [2.24, 2.45) is 0 Å². The molecule has 2 aromatic carbocycles. The van der Waals surface area contributed by atoms with Crippen LogP contribution in [0.5, 0.6) is 0 Å². The first-order chi connectivity index (χ1) is 12.1. The summed E-state index contributed by atoms with van der Waals surface area (Å²) >= 11 is 5.76. The molecule has 3 rings (SSSR count). The summed E-state index contributed by atoms with van der Waals surface area (Å²) in [5.41, 5.74) is 1.74. The van der Waals surface area contributed by atoms with E-state index < -0.39 is 11.8 Å². The van der Waals surface area contributed by atoms with Gasteiger partial charge in [0.25, 0.3) is 5.89 Å². The van der Waals surface area contributed by atoms with Crippen molar-refractivity contribution in [1.29, 1.82) is 0 Å². The molecule has 0 radical (unpaired) electrons. The summed E-state index contributed by atoms with van der Waals surface area (Å²) in [4.78, 5) is 16.1. The van der Waals surface area contributed by atoms with Gasteiger partial charge in [0.1, 0.15) is 5.82 Å². The van der Waals surface area contributed by atoms with Crippen LogP contribution in [0.3, 0.4) is 0 Å². The van der Waals surface area contributed by atoms with Crippen molar-refractivity contribution < 1.29 is 18.4 Å². The van der Waals surface area contributed by atoms with E-state index in [1.165, 1.54) is 17.7 Å². The highest BCUT2D eigenvalue weighted by atomic mass is 35.5. The van der Waals surface area contributed by atoms with Crippen LogP contribution in [0, 0.1) is 5.82 Å². The number of aromatic nitrogens is 2. The minimum Gasteiger partial charge on any atom is -0.452 e. The van der Waals surface area contributed by atoms with Crippen LogP contribution < -0.4 is 0 Å². The van der Waals surface area contributed by atoms with Crippen LogP contribution in [0.15, 0.2) is 47.0 Å². The van der Waals surface area contributed by atoms with E-state index in [4.69, 9.17) is 20.9 Å². The molecule has 0 atom stereocenters. The van der Waals surface area contributed by atoms with Gasteiger partial charge in [0, 0.05) is 10.6 Å². The fourth-order valence-corrected chi connectivity index (χ4v) is 2.35. The van der Waals surface area contributed by atoms with Crippen LogP contribution in [0.1, 0.15) is 28.7 Å². The van der Waals surface area contributed by atoms with Gasteiger partial charge in [-0.25, -0.2) is 9.18 Å². The summed E-state index contributed by atoms with van der Waals surface area (Å²) in [6.45, 7) is 1.81. The Morgan fingerprint density at radius 2 is 2.00 bits per heavy atom. The standard InChI is InChI=1S/C18H14ClFN2O3/c1-2-11-3-5-12(6-4-11)17-21-16(25-22-17)10-24-18(23)14-9-13(19)7-8-15(14)20/h3-9H,2,10H2,1H3. The highest BCUT2D eigenvalue weighted by molar-refractivity contribution is 6.30. The third kappa shape index (κ3) is 4.03. The van der Waals surface area contributed by atoms with Crippen molar-refractivity contribution in [3.05, 3.63) is 70.3 Å². The van der Waals surface area contributed by atoms with E-state index >= 15 is 0 Å². The normalized spacial score (nSPS) is 10.7. The molecule has 0 aliphatic carbocycles. The number of esters is 1. The second-order valence-corrected chi connectivity index (χ2v) is 5.70. The molecule has 0 spiro atoms. The Morgan fingerprint density at radius 1 is 1.24 bits per heavy atom. The SMILES string of the molecule is CCc1ccc(-c2noc(COC(=O)c3cc(Cl)ccc3F)n2)cc1. The molecule has 0 saturated heterocycles. The lowest BCUT2D eigenvalue weighted by atomic mass is 10.1. The van der Waals surface area contributed by atoms with Crippen molar-refractivity contribution >= 4 is 17.6 Å². The molecule has 7 heteroatoms. The molecule has 25 heavy (non-hydrogen) atoms. The molecule has 0 aliphatic rings. The zero-order valence-electron chi connectivity index (χ0n) is 13.3. The van der Waals surface area contributed by atoms with Crippen LogP contribution in [-0.4, -0.2) is 16.1 Å². The Bertz CT molecular complexity index is 894. The zero-order valence-corrected chi connectivity index (χ0v) is 14.1. The lowest BCUT2D eigenvalue weighted by Crippen LogP contribution is -2.07. The Kier molecular flexibility index (Phi) is 5.09. The number of aryl methyl sites for hydroxylation is 1. The van der Waals surface area contributed by atoms with E-state index in [2.05, 4.69) is 17.1 Å². The number of rotatable bonds is 5. The molecule has 0 saturated carbocycles. The molecular formula is C18H14ClFN2O3. The van der Waals surface area contributed by atoms with Gasteiger partial charge in [-0.2, -0.15) is 4.98 Å². The van der Waals surface area contributed by atoms with Crippen LogP contribution >= 0.6 is 11.6 Å². The Balaban J connectivity index is 1.67. The third-order valence-corrected chi connectivity index (χ3v) is 3.80. The predicted octanol–water partition coefficient (Wildman–Crippen LogP) is 4.45. The summed E-state index contributed by atoms with van der Waals surface area (Å²) in [5, 5.41) is 4.09. The highest BCUT2D eigenvalue weighted by Crippen LogP contribution is 2.19. The average Bonchev–Trinajstić information content (AvgIpc) is 3.11.